The van der Waals surface area contributed by atoms with E-state index in [-0.39, 0.29) is 5.91 Å². The molecule has 150 valence electrons. The van der Waals surface area contributed by atoms with Crippen LogP contribution in [0.1, 0.15) is 12.5 Å². The first-order valence-electron chi connectivity index (χ1n) is 9.57. The normalized spacial score (nSPS) is 14.8. The molecule has 0 aliphatic carbocycles. The van der Waals surface area contributed by atoms with Crippen molar-refractivity contribution in [3.8, 4) is 5.75 Å². The Labute approximate surface area is 176 Å². The number of hydrogen-bond acceptors (Lipinski definition) is 3. The molecule has 0 atom stereocenters. The number of nitrogens with one attached hydrogen (secondary N) is 2. The van der Waals surface area contributed by atoms with Gasteiger partial charge < -0.3 is 19.9 Å². The van der Waals surface area contributed by atoms with Gasteiger partial charge in [-0.15, -0.1) is 0 Å². The summed E-state index contributed by atoms with van der Waals surface area (Å²) in [5.41, 5.74) is 2.00. The van der Waals surface area contributed by atoms with Gasteiger partial charge in [-0.05, 0) is 36.8 Å². The molecule has 28 heavy (non-hydrogen) atoms. The maximum atomic E-state index is 12.3. The van der Waals surface area contributed by atoms with E-state index in [9.17, 15) is 4.79 Å². The van der Waals surface area contributed by atoms with E-state index >= 15 is 0 Å². The van der Waals surface area contributed by atoms with Crippen LogP contribution in [0.3, 0.4) is 0 Å². The zero-order valence-corrected chi connectivity index (χ0v) is 17.5. The van der Waals surface area contributed by atoms with E-state index in [1.807, 2.05) is 31.2 Å². The number of piperazine rings is 1. The molecule has 5 nitrogen and oxygen atoms in total. The summed E-state index contributed by atoms with van der Waals surface area (Å²) in [6, 6.07) is 13.4. The average Bonchev–Trinajstić information content (AvgIpc) is 2.69. The van der Waals surface area contributed by atoms with Crippen molar-refractivity contribution >= 4 is 34.8 Å². The Morgan fingerprint density at radius 1 is 1.18 bits per heavy atom. The second kappa shape index (κ2) is 10.0. The minimum Gasteiger partial charge on any atom is -0.492 e. The molecule has 0 bridgehead atoms. The van der Waals surface area contributed by atoms with Crippen molar-refractivity contribution in [3.63, 3.8) is 0 Å². The fourth-order valence-electron chi connectivity index (χ4n) is 3.39. The molecule has 3 rings (SSSR count). The molecule has 7 heteroatoms. The van der Waals surface area contributed by atoms with Crippen molar-refractivity contribution < 1.29 is 14.4 Å². The third kappa shape index (κ3) is 5.53. The number of benzene rings is 2. The highest BCUT2D eigenvalue weighted by molar-refractivity contribution is 6.35. The molecule has 0 radical (unpaired) electrons. The molecule has 1 fully saturated rings. The van der Waals surface area contributed by atoms with Gasteiger partial charge in [0, 0.05) is 16.6 Å². The predicted octanol–water partition coefficient (Wildman–Crippen LogP) is 2.41. The van der Waals surface area contributed by atoms with Gasteiger partial charge in [0.1, 0.15) is 5.75 Å². The molecule has 1 heterocycles. The fourth-order valence-corrected chi connectivity index (χ4v) is 3.86. The summed E-state index contributed by atoms with van der Waals surface area (Å²) in [5.74, 6) is 0.954. The van der Waals surface area contributed by atoms with Gasteiger partial charge in [-0.3, -0.25) is 4.79 Å². The smallest absolute Gasteiger partial charge is 0.275 e. The Balaban J connectivity index is 1.47. The molecule has 2 N–H and O–H groups in total. The Morgan fingerprint density at radius 3 is 2.64 bits per heavy atom. The number of ether oxygens (including phenoxy) is 1. The lowest BCUT2D eigenvalue weighted by Crippen LogP contribution is -3.15. The number of quaternary nitrogens is 1. The number of anilines is 1. The van der Waals surface area contributed by atoms with E-state index in [0.717, 1.165) is 43.2 Å². The standard InChI is InChI=1S/C21H25Cl2N3O2/c1-2-28-20-6-4-3-5-19(20)26-11-9-25(10-12-26)15-21(27)24-14-16-7-8-17(22)13-18(16)23/h3-8,13H,2,9-12,14-15H2,1H3,(H,24,27)/p+1. The van der Waals surface area contributed by atoms with Crippen molar-refractivity contribution in [1.29, 1.82) is 0 Å². The Bertz CT molecular complexity index is 808. The number of halogens is 2. The van der Waals surface area contributed by atoms with Gasteiger partial charge in [0.25, 0.3) is 5.91 Å². The van der Waals surface area contributed by atoms with Crippen molar-refractivity contribution in [2.24, 2.45) is 0 Å². The fraction of sp³-hybridized carbons (Fsp3) is 0.381. The third-order valence-electron chi connectivity index (χ3n) is 4.88. The van der Waals surface area contributed by atoms with Crippen LogP contribution in [0.5, 0.6) is 5.75 Å². The molecule has 2 aromatic rings. The molecule has 0 unspecified atom stereocenters. The summed E-state index contributed by atoms with van der Waals surface area (Å²) in [4.78, 5) is 15.9. The summed E-state index contributed by atoms with van der Waals surface area (Å²) in [7, 11) is 0. The number of carbonyl (C=O) groups is 1. The highest BCUT2D eigenvalue weighted by Crippen LogP contribution is 2.27. The van der Waals surface area contributed by atoms with E-state index < -0.39 is 0 Å². The summed E-state index contributed by atoms with van der Waals surface area (Å²) in [5, 5.41) is 4.12. The molecule has 1 aliphatic heterocycles. The maximum Gasteiger partial charge on any atom is 0.275 e. The quantitative estimate of drug-likeness (QED) is 0.719. The van der Waals surface area contributed by atoms with Gasteiger partial charge in [-0.2, -0.15) is 0 Å². The van der Waals surface area contributed by atoms with E-state index in [2.05, 4.69) is 16.3 Å². The largest absolute Gasteiger partial charge is 0.492 e. The van der Waals surface area contributed by atoms with Crippen LogP contribution >= 0.6 is 23.2 Å². The zero-order chi connectivity index (χ0) is 19.9. The number of para-hydroxylation sites is 2. The predicted molar refractivity (Wildman–Crippen MR) is 114 cm³/mol. The van der Waals surface area contributed by atoms with Crippen LogP contribution in [0, 0.1) is 0 Å². The number of amides is 1. The van der Waals surface area contributed by atoms with Crippen LogP contribution in [0.2, 0.25) is 10.0 Å². The number of carbonyl (C=O) groups excluding carboxylic acids is 1. The van der Waals surface area contributed by atoms with Gasteiger partial charge in [-0.25, -0.2) is 0 Å². The van der Waals surface area contributed by atoms with Gasteiger partial charge >= 0.3 is 0 Å². The lowest BCUT2D eigenvalue weighted by molar-refractivity contribution is -0.892. The highest BCUT2D eigenvalue weighted by Gasteiger charge is 2.24. The van der Waals surface area contributed by atoms with E-state index in [1.165, 1.54) is 4.90 Å². The SMILES string of the molecule is CCOc1ccccc1N1CC[NH+](CC(=O)NCc2ccc(Cl)cc2Cl)CC1. The highest BCUT2D eigenvalue weighted by atomic mass is 35.5. The van der Waals surface area contributed by atoms with Crippen LogP contribution < -0.4 is 19.9 Å². The van der Waals surface area contributed by atoms with Gasteiger partial charge in [0.15, 0.2) is 6.54 Å². The van der Waals surface area contributed by atoms with Crippen LogP contribution in [-0.4, -0.2) is 45.2 Å². The van der Waals surface area contributed by atoms with E-state index in [0.29, 0.717) is 29.7 Å². The van der Waals surface area contributed by atoms with E-state index in [1.54, 1.807) is 12.1 Å². The first-order valence-corrected chi connectivity index (χ1v) is 10.3. The van der Waals surface area contributed by atoms with Crippen molar-refractivity contribution in [3.05, 3.63) is 58.1 Å². The first-order chi connectivity index (χ1) is 13.6. The molecule has 0 aromatic heterocycles. The number of nitrogens with zero attached hydrogens (tertiary/aromatic N) is 1. The number of hydrogen-bond donors (Lipinski definition) is 2. The topological polar surface area (TPSA) is 46.0 Å². The first kappa shape index (κ1) is 20.8. The second-order valence-electron chi connectivity index (χ2n) is 6.83. The van der Waals surface area contributed by atoms with Gasteiger partial charge in [0.05, 0.1) is 38.5 Å². The summed E-state index contributed by atoms with van der Waals surface area (Å²) >= 11 is 12.1. The molecular formula is C21H26Cl2N3O2+. The van der Waals surface area contributed by atoms with Crippen LogP contribution in [0.15, 0.2) is 42.5 Å². The average molecular weight is 423 g/mol. The number of rotatable bonds is 7. The van der Waals surface area contributed by atoms with Crippen LogP contribution in [0.25, 0.3) is 0 Å². The third-order valence-corrected chi connectivity index (χ3v) is 5.46. The van der Waals surface area contributed by atoms with Crippen molar-refractivity contribution in [2.45, 2.75) is 13.5 Å². The van der Waals surface area contributed by atoms with Crippen LogP contribution in [0.4, 0.5) is 5.69 Å². The molecule has 1 amide bonds. The Kier molecular flexibility index (Phi) is 7.43. The monoisotopic (exact) mass is 422 g/mol. The molecule has 2 aromatic carbocycles. The Morgan fingerprint density at radius 2 is 1.93 bits per heavy atom. The maximum absolute atomic E-state index is 12.3. The zero-order valence-electron chi connectivity index (χ0n) is 16.0. The van der Waals surface area contributed by atoms with Gasteiger partial charge in [0.2, 0.25) is 0 Å². The minimum atomic E-state index is 0.0317. The van der Waals surface area contributed by atoms with E-state index in [4.69, 9.17) is 27.9 Å². The molecule has 0 saturated carbocycles. The Hall–Kier alpha value is -1.95. The summed E-state index contributed by atoms with van der Waals surface area (Å²) < 4.78 is 5.74. The molecule has 0 spiro atoms. The van der Waals surface area contributed by atoms with Gasteiger partial charge in [-0.1, -0.05) is 41.4 Å². The summed E-state index contributed by atoms with van der Waals surface area (Å²) in [6.45, 7) is 7.15. The molecule has 1 aliphatic rings. The second-order valence-corrected chi connectivity index (χ2v) is 7.67. The lowest BCUT2D eigenvalue weighted by Gasteiger charge is -2.34. The lowest BCUT2D eigenvalue weighted by atomic mass is 10.2. The van der Waals surface area contributed by atoms with Crippen LogP contribution in [-0.2, 0) is 11.3 Å². The molecule has 1 saturated heterocycles. The van der Waals surface area contributed by atoms with Crippen molar-refractivity contribution in [1.82, 2.24) is 5.32 Å². The molecular weight excluding hydrogens is 397 g/mol. The summed E-state index contributed by atoms with van der Waals surface area (Å²) in [6.07, 6.45) is 0. The van der Waals surface area contributed by atoms with Crippen molar-refractivity contribution in [2.75, 3.05) is 44.2 Å². The minimum absolute atomic E-state index is 0.0317.